The second-order valence-electron chi connectivity index (χ2n) is 5.67. The highest BCUT2D eigenvalue weighted by molar-refractivity contribution is 5.85. The van der Waals surface area contributed by atoms with Crippen LogP contribution in [0.2, 0.25) is 0 Å². The molecule has 0 radical (unpaired) electrons. The van der Waals surface area contributed by atoms with Gasteiger partial charge in [-0.2, -0.15) is 0 Å². The van der Waals surface area contributed by atoms with Gasteiger partial charge in [-0.1, -0.05) is 0 Å². The number of nitrogens with two attached hydrogens (primary N) is 1. The van der Waals surface area contributed by atoms with Crippen LogP contribution in [0.3, 0.4) is 0 Å². The van der Waals surface area contributed by atoms with Crippen LogP contribution in [0.5, 0.6) is 0 Å². The van der Waals surface area contributed by atoms with E-state index in [2.05, 4.69) is 18.7 Å². The molecule has 15 heavy (non-hydrogen) atoms. The fourth-order valence-corrected chi connectivity index (χ4v) is 2.97. The molecular weight excluding hydrogens is 212 g/mol. The molecule has 2 aliphatic heterocycles. The molecule has 4 heteroatoms. The van der Waals surface area contributed by atoms with Crippen molar-refractivity contribution in [3.05, 3.63) is 0 Å². The maximum absolute atomic E-state index is 9.65. The molecule has 3 nitrogen and oxygen atoms in total. The molecule has 2 atom stereocenters. The molecule has 0 saturated carbocycles. The molecule has 2 heterocycles. The van der Waals surface area contributed by atoms with Gasteiger partial charge >= 0.3 is 0 Å². The first kappa shape index (κ1) is 13.2. The molecule has 0 amide bonds. The topological polar surface area (TPSA) is 49.5 Å². The number of rotatable bonds is 2. The number of fused-ring (bicyclic) bond motifs is 2. The number of nitrogens with zero attached hydrogens (tertiary/aromatic N) is 1. The highest BCUT2D eigenvalue weighted by Crippen LogP contribution is 2.36. The first-order valence-electron chi connectivity index (χ1n) is 5.68. The zero-order valence-corrected chi connectivity index (χ0v) is 10.5. The van der Waals surface area contributed by atoms with E-state index in [0.29, 0.717) is 12.1 Å². The second-order valence-corrected chi connectivity index (χ2v) is 5.67. The van der Waals surface area contributed by atoms with Crippen molar-refractivity contribution < 1.29 is 5.11 Å². The number of aliphatic hydroxyl groups excluding tert-OH is 1. The minimum Gasteiger partial charge on any atom is -0.393 e. The Hall–Kier alpha value is 0.170. The summed E-state index contributed by atoms with van der Waals surface area (Å²) in [5, 5.41) is 9.65. The molecule has 2 rings (SSSR count). The summed E-state index contributed by atoms with van der Waals surface area (Å²) in [6.07, 6.45) is 4.33. The summed E-state index contributed by atoms with van der Waals surface area (Å²) in [7, 11) is 0. The van der Waals surface area contributed by atoms with E-state index in [9.17, 15) is 5.11 Å². The van der Waals surface area contributed by atoms with Crippen molar-refractivity contribution in [2.75, 3.05) is 6.54 Å². The van der Waals surface area contributed by atoms with Crippen LogP contribution >= 0.6 is 12.4 Å². The van der Waals surface area contributed by atoms with Crippen LogP contribution in [0.4, 0.5) is 0 Å². The van der Waals surface area contributed by atoms with Gasteiger partial charge in [-0.15, -0.1) is 12.4 Å². The summed E-state index contributed by atoms with van der Waals surface area (Å²) >= 11 is 0. The molecule has 0 aromatic rings. The molecule has 2 aliphatic rings. The molecule has 0 aromatic carbocycles. The standard InChI is InChI=1S/C11H22N2O.ClH/c1-11(2,12)7-13-8-3-4-9(13)6-10(14)5-8;/h8-10,14H,3-7,12H2,1-2H3;1H. The smallest absolute Gasteiger partial charge is 0.0570 e. The first-order valence-corrected chi connectivity index (χ1v) is 5.68. The van der Waals surface area contributed by atoms with Crippen LogP contribution in [-0.4, -0.2) is 40.3 Å². The SMILES string of the molecule is CC(C)(N)CN1C2CCC1CC(O)C2.Cl. The van der Waals surface area contributed by atoms with Gasteiger partial charge in [0.1, 0.15) is 0 Å². The van der Waals surface area contributed by atoms with Gasteiger partial charge in [0.2, 0.25) is 0 Å². The predicted molar refractivity (Wildman–Crippen MR) is 64.3 cm³/mol. The van der Waals surface area contributed by atoms with Crippen LogP contribution in [0, 0.1) is 0 Å². The van der Waals surface area contributed by atoms with E-state index in [-0.39, 0.29) is 24.0 Å². The van der Waals surface area contributed by atoms with Gasteiger partial charge in [0.05, 0.1) is 6.10 Å². The van der Waals surface area contributed by atoms with E-state index in [1.165, 1.54) is 12.8 Å². The Morgan fingerprint density at radius 1 is 1.27 bits per heavy atom. The van der Waals surface area contributed by atoms with Crippen LogP contribution in [0.1, 0.15) is 39.5 Å². The Bertz CT molecular complexity index is 203. The van der Waals surface area contributed by atoms with Gasteiger partial charge in [-0.05, 0) is 39.5 Å². The number of halogens is 1. The minimum absolute atomic E-state index is 0. The van der Waals surface area contributed by atoms with Crippen molar-refractivity contribution in [1.29, 1.82) is 0 Å². The third-order valence-electron chi connectivity index (χ3n) is 3.45. The number of piperidine rings is 1. The summed E-state index contributed by atoms with van der Waals surface area (Å²) in [4.78, 5) is 2.52. The summed E-state index contributed by atoms with van der Waals surface area (Å²) in [5.74, 6) is 0. The van der Waals surface area contributed by atoms with Crippen LogP contribution in [0.15, 0.2) is 0 Å². The lowest BCUT2D eigenvalue weighted by Gasteiger charge is -2.40. The van der Waals surface area contributed by atoms with Gasteiger partial charge in [0.15, 0.2) is 0 Å². The van der Waals surface area contributed by atoms with Crippen molar-refractivity contribution in [2.24, 2.45) is 5.73 Å². The third-order valence-corrected chi connectivity index (χ3v) is 3.45. The monoisotopic (exact) mass is 234 g/mol. The van der Waals surface area contributed by atoms with E-state index >= 15 is 0 Å². The van der Waals surface area contributed by atoms with E-state index in [1.54, 1.807) is 0 Å². The molecule has 90 valence electrons. The molecule has 2 saturated heterocycles. The van der Waals surface area contributed by atoms with Crippen molar-refractivity contribution in [1.82, 2.24) is 4.90 Å². The maximum Gasteiger partial charge on any atom is 0.0570 e. The molecule has 2 bridgehead atoms. The van der Waals surface area contributed by atoms with Crippen LogP contribution < -0.4 is 5.73 Å². The molecule has 2 unspecified atom stereocenters. The average molecular weight is 235 g/mol. The summed E-state index contributed by atoms with van der Waals surface area (Å²) in [5.41, 5.74) is 5.94. The van der Waals surface area contributed by atoms with Gasteiger partial charge in [0, 0.05) is 24.2 Å². The van der Waals surface area contributed by atoms with Crippen molar-refractivity contribution in [2.45, 2.75) is 63.3 Å². The van der Waals surface area contributed by atoms with Crippen molar-refractivity contribution >= 4 is 12.4 Å². The maximum atomic E-state index is 9.65. The average Bonchev–Trinajstić information content (AvgIpc) is 2.31. The zero-order chi connectivity index (χ0) is 10.3. The predicted octanol–water partition coefficient (Wildman–Crippen LogP) is 1.13. The third kappa shape index (κ3) is 3.06. The lowest BCUT2D eigenvalue weighted by molar-refractivity contribution is 0.0263. The molecule has 2 fully saturated rings. The van der Waals surface area contributed by atoms with E-state index < -0.39 is 0 Å². The van der Waals surface area contributed by atoms with E-state index in [1.807, 2.05) is 0 Å². The zero-order valence-electron chi connectivity index (χ0n) is 9.65. The Kier molecular flexibility index (Phi) is 4.04. The van der Waals surface area contributed by atoms with E-state index in [4.69, 9.17) is 5.73 Å². The molecule has 3 N–H and O–H groups in total. The summed E-state index contributed by atoms with van der Waals surface area (Å²) in [6, 6.07) is 1.18. The molecule has 0 spiro atoms. The Morgan fingerprint density at radius 3 is 2.13 bits per heavy atom. The quantitative estimate of drug-likeness (QED) is 0.753. The molecular formula is C11H23ClN2O. The Balaban J connectivity index is 0.00000112. The number of hydrogen-bond acceptors (Lipinski definition) is 3. The lowest BCUT2D eigenvalue weighted by atomic mass is 9.96. The number of hydrogen-bond donors (Lipinski definition) is 2. The normalized spacial score (nSPS) is 36.4. The second kappa shape index (κ2) is 4.58. The van der Waals surface area contributed by atoms with Crippen LogP contribution in [-0.2, 0) is 0 Å². The summed E-state index contributed by atoms with van der Waals surface area (Å²) < 4.78 is 0. The minimum atomic E-state index is -0.108. The Labute approximate surface area is 98.4 Å². The summed E-state index contributed by atoms with van der Waals surface area (Å²) in [6.45, 7) is 5.13. The largest absolute Gasteiger partial charge is 0.393 e. The van der Waals surface area contributed by atoms with Gasteiger partial charge < -0.3 is 10.8 Å². The van der Waals surface area contributed by atoms with Gasteiger partial charge in [0.25, 0.3) is 0 Å². The molecule has 0 aliphatic carbocycles. The highest BCUT2D eigenvalue weighted by Gasteiger charge is 2.41. The van der Waals surface area contributed by atoms with E-state index in [0.717, 1.165) is 19.4 Å². The Morgan fingerprint density at radius 2 is 1.73 bits per heavy atom. The van der Waals surface area contributed by atoms with Crippen molar-refractivity contribution in [3.63, 3.8) is 0 Å². The lowest BCUT2D eigenvalue weighted by Crippen LogP contribution is -2.53. The molecule has 0 aromatic heterocycles. The fraction of sp³-hybridized carbons (Fsp3) is 1.00. The van der Waals surface area contributed by atoms with Gasteiger partial charge in [-0.25, -0.2) is 0 Å². The first-order chi connectivity index (χ1) is 6.46. The van der Waals surface area contributed by atoms with Crippen LogP contribution in [0.25, 0.3) is 0 Å². The highest BCUT2D eigenvalue weighted by atomic mass is 35.5. The van der Waals surface area contributed by atoms with Crippen molar-refractivity contribution in [3.8, 4) is 0 Å². The number of aliphatic hydroxyl groups is 1. The van der Waals surface area contributed by atoms with Gasteiger partial charge in [-0.3, -0.25) is 4.90 Å². The fourth-order valence-electron chi connectivity index (χ4n) is 2.97.